The summed E-state index contributed by atoms with van der Waals surface area (Å²) in [7, 11) is 0. The Morgan fingerprint density at radius 1 is 1.42 bits per heavy atom. The van der Waals surface area contributed by atoms with E-state index >= 15 is 0 Å². The van der Waals surface area contributed by atoms with Crippen molar-refractivity contribution in [3.63, 3.8) is 0 Å². The van der Waals surface area contributed by atoms with Crippen molar-refractivity contribution in [2.75, 3.05) is 24.6 Å². The highest BCUT2D eigenvalue weighted by atomic mass is 79.9. The number of nitrogens with zero attached hydrogens (tertiary/aromatic N) is 1. The molecule has 19 heavy (non-hydrogen) atoms. The highest BCUT2D eigenvalue weighted by Crippen LogP contribution is 2.34. The van der Waals surface area contributed by atoms with Crippen LogP contribution in [0.4, 0.5) is 5.69 Å². The Labute approximate surface area is 124 Å². The number of benzene rings is 1. The highest BCUT2D eigenvalue weighted by molar-refractivity contribution is 9.10. The van der Waals surface area contributed by atoms with Gasteiger partial charge in [-0.15, -0.1) is 0 Å². The van der Waals surface area contributed by atoms with E-state index < -0.39 is 0 Å². The number of anilines is 1. The van der Waals surface area contributed by atoms with Gasteiger partial charge in [0.15, 0.2) is 0 Å². The van der Waals surface area contributed by atoms with E-state index in [0.29, 0.717) is 6.04 Å². The number of rotatable bonds is 8. The summed E-state index contributed by atoms with van der Waals surface area (Å²) in [6.45, 7) is 5.05. The monoisotopic (exact) mass is 326 g/mol. The summed E-state index contributed by atoms with van der Waals surface area (Å²) in [5.74, 6) is 0. The summed E-state index contributed by atoms with van der Waals surface area (Å²) in [4.78, 5) is 2.36. The van der Waals surface area contributed by atoms with Gasteiger partial charge in [-0.25, -0.2) is 0 Å². The predicted octanol–water partition coefficient (Wildman–Crippen LogP) is 2.91. The van der Waals surface area contributed by atoms with Crippen molar-refractivity contribution in [1.29, 1.82) is 0 Å². The first kappa shape index (κ1) is 14.8. The Bertz CT molecular complexity index is 407. The molecule has 0 atom stereocenters. The van der Waals surface area contributed by atoms with Crippen molar-refractivity contribution in [2.24, 2.45) is 0 Å². The molecule has 0 saturated heterocycles. The minimum atomic E-state index is 0.217. The molecule has 0 heterocycles. The van der Waals surface area contributed by atoms with Crippen LogP contribution in [0.1, 0.15) is 31.7 Å². The van der Waals surface area contributed by atoms with E-state index in [1.807, 2.05) is 0 Å². The molecule has 0 amide bonds. The normalized spacial score (nSPS) is 14.7. The van der Waals surface area contributed by atoms with Gasteiger partial charge < -0.3 is 15.3 Å². The second kappa shape index (κ2) is 7.27. The number of aliphatic hydroxyl groups excluding tert-OH is 1. The molecule has 0 aromatic heterocycles. The van der Waals surface area contributed by atoms with Crippen molar-refractivity contribution in [1.82, 2.24) is 5.32 Å². The fourth-order valence-electron chi connectivity index (χ4n) is 2.37. The smallest absolute Gasteiger partial charge is 0.0606 e. The van der Waals surface area contributed by atoms with Crippen LogP contribution in [0.15, 0.2) is 22.7 Å². The minimum Gasteiger partial charge on any atom is -0.395 e. The number of hydrogen-bond donors (Lipinski definition) is 2. The largest absolute Gasteiger partial charge is 0.395 e. The number of halogens is 1. The van der Waals surface area contributed by atoms with Crippen LogP contribution in [-0.4, -0.2) is 30.8 Å². The maximum absolute atomic E-state index is 9.27. The highest BCUT2D eigenvalue weighted by Gasteiger charge is 2.29. The molecule has 1 aliphatic carbocycles. The van der Waals surface area contributed by atoms with Gasteiger partial charge in [0.1, 0.15) is 0 Å². The molecule has 1 aromatic rings. The van der Waals surface area contributed by atoms with E-state index in [1.54, 1.807) is 0 Å². The van der Waals surface area contributed by atoms with Gasteiger partial charge in [0.2, 0.25) is 0 Å². The minimum absolute atomic E-state index is 0.217. The Morgan fingerprint density at radius 3 is 2.84 bits per heavy atom. The molecule has 1 aromatic carbocycles. The van der Waals surface area contributed by atoms with Gasteiger partial charge in [0.05, 0.1) is 6.61 Å². The quantitative estimate of drug-likeness (QED) is 0.721. The molecule has 1 fully saturated rings. The van der Waals surface area contributed by atoms with Crippen LogP contribution in [-0.2, 0) is 6.54 Å². The fraction of sp³-hybridized carbons (Fsp3) is 0.600. The van der Waals surface area contributed by atoms with Crippen LogP contribution in [0.2, 0.25) is 0 Å². The summed E-state index contributed by atoms with van der Waals surface area (Å²) in [5, 5.41) is 12.7. The summed E-state index contributed by atoms with van der Waals surface area (Å²) >= 11 is 3.55. The van der Waals surface area contributed by atoms with Crippen LogP contribution in [0.3, 0.4) is 0 Å². The molecule has 1 aliphatic rings. The average Bonchev–Trinajstić information content (AvgIpc) is 3.21. The van der Waals surface area contributed by atoms with Gasteiger partial charge >= 0.3 is 0 Å². The van der Waals surface area contributed by atoms with Gasteiger partial charge in [-0.05, 0) is 49.6 Å². The Hall–Kier alpha value is -0.580. The zero-order valence-electron chi connectivity index (χ0n) is 11.5. The van der Waals surface area contributed by atoms with Gasteiger partial charge in [-0.3, -0.25) is 0 Å². The molecule has 4 heteroatoms. The van der Waals surface area contributed by atoms with E-state index in [9.17, 15) is 5.11 Å². The summed E-state index contributed by atoms with van der Waals surface area (Å²) in [6, 6.07) is 7.07. The molecule has 3 nitrogen and oxygen atoms in total. The molecule has 0 bridgehead atoms. The maximum Gasteiger partial charge on any atom is 0.0606 e. The molecular formula is C15H23BrN2O. The van der Waals surface area contributed by atoms with Crippen molar-refractivity contribution in [3.05, 3.63) is 28.2 Å². The number of hydrogen-bond acceptors (Lipinski definition) is 3. The SMILES string of the molecule is CCCNCc1cc(Br)ccc1N(CCO)C1CC1. The molecule has 2 rings (SSSR count). The Balaban J connectivity index is 2.16. The van der Waals surface area contributed by atoms with E-state index in [0.717, 1.165) is 30.5 Å². The molecule has 0 aliphatic heterocycles. The van der Waals surface area contributed by atoms with Gasteiger partial charge in [-0.2, -0.15) is 0 Å². The lowest BCUT2D eigenvalue weighted by atomic mass is 10.1. The van der Waals surface area contributed by atoms with E-state index in [2.05, 4.69) is 51.3 Å². The average molecular weight is 327 g/mol. The second-order valence-electron chi connectivity index (χ2n) is 5.10. The van der Waals surface area contributed by atoms with Crippen molar-refractivity contribution < 1.29 is 5.11 Å². The molecule has 0 unspecified atom stereocenters. The standard InChI is InChI=1S/C15H23BrN2O/c1-2-7-17-11-12-10-13(16)3-6-15(12)18(8-9-19)14-4-5-14/h3,6,10,14,17,19H,2,4-5,7-9,11H2,1H3. The first-order chi connectivity index (χ1) is 9.26. The van der Waals surface area contributed by atoms with Crippen molar-refractivity contribution in [2.45, 2.75) is 38.8 Å². The van der Waals surface area contributed by atoms with Crippen molar-refractivity contribution in [3.8, 4) is 0 Å². The van der Waals surface area contributed by atoms with Crippen molar-refractivity contribution >= 4 is 21.6 Å². The topological polar surface area (TPSA) is 35.5 Å². The van der Waals surface area contributed by atoms with Crippen LogP contribution in [0.25, 0.3) is 0 Å². The Kier molecular flexibility index (Phi) is 5.67. The molecule has 2 N–H and O–H groups in total. The summed E-state index contributed by atoms with van der Waals surface area (Å²) in [6.07, 6.45) is 3.64. The zero-order valence-corrected chi connectivity index (χ0v) is 13.1. The lowest BCUT2D eigenvalue weighted by Crippen LogP contribution is -2.30. The first-order valence-electron chi connectivity index (χ1n) is 7.13. The first-order valence-corrected chi connectivity index (χ1v) is 7.92. The third kappa shape index (κ3) is 4.20. The zero-order chi connectivity index (χ0) is 13.7. The molecule has 106 valence electrons. The van der Waals surface area contributed by atoms with Gasteiger partial charge in [-0.1, -0.05) is 22.9 Å². The predicted molar refractivity (Wildman–Crippen MR) is 83.6 cm³/mol. The van der Waals surface area contributed by atoms with Gasteiger partial charge in [0, 0.05) is 29.3 Å². The second-order valence-corrected chi connectivity index (χ2v) is 6.01. The van der Waals surface area contributed by atoms with Crippen LogP contribution < -0.4 is 10.2 Å². The lowest BCUT2D eigenvalue weighted by molar-refractivity contribution is 0.301. The fourth-order valence-corrected chi connectivity index (χ4v) is 2.78. The molecule has 1 saturated carbocycles. The van der Waals surface area contributed by atoms with Gasteiger partial charge in [0.25, 0.3) is 0 Å². The summed E-state index contributed by atoms with van der Waals surface area (Å²) in [5.41, 5.74) is 2.58. The Morgan fingerprint density at radius 2 is 2.21 bits per heavy atom. The third-order valence-corrected chi connectivity index (χ3v) is 3.92. The maximum atomic E-state index is 9.27. The molecule has 0 spiro atoms. The summed E-state index contributed by atoms with van der Waals surface area (Å²) < 4.78 is 1.12. The van der Waals surface area contributed by atoms with Crippen LogP contribution >= 0.6 is 15.9 Å². The van der Waals surface area contributed by atoms with E-state index in [-0.39, 0.29) is 6.61 Å². The van der Waals surface area contributed by atoms with Crippen LogP contribution in [0, 0.1) is 0 Å². The van der Waals surface area contributed by atoms with E-state index in [1.165, 1.54) is 24.1 Å². The third-order valence-electron chi connectivity index (χ3n) is 3.42. The number of aliphatic hydroxyl groups is 1. The molecular weight excluding hydrogens is 304 g/mol. The number of nitrogens with one attached hydrogen (secondary N) is 1. The van der Waals surface area contributed by atoms with E-state index in [4.69, 9.17) is 0 Å². The van der Waals surface area contributed by atoms with Crippen LogP contribution in [0.5, 0.6) is 0 Å². The molecule has 0 radical (unpaired) electrons. The lowest BCUT2D eigenvalue weighted by Gasteiger charge is -2.26.